The summed E-state index contributed by atoms with van der Waals surface area (Å²) in [7, 11) is 0. The van der Waals surface area contributed by atoms with Gasteiger partial charge in [0.1, 0.15) is 12.2 Å². The second-order valence-electron chi connectivity index (χ2n) is 7.68. The standard InChI is InChI=1S/C21H26N2O5/c1-12(2)16-9-17-15(8-19(24)28-18(17)7-13(16)3)11-27-20(25)14-5-4-6-23(10-14)21(22)26/h7-9,12,14H,4-6,10-11H2,1-3H3,(H2,22,26). The average Bonchev–Trinajstić information content (AvgIpc) is 2.64. The molecule has 1 aliphatic heterocycles. The number of primary amides is 1. The van der Waals surface area contributed by atoms with Crippen molar-refractivity contribution in [3.63, 3.8) is 0 Å². The fraction of sp³-hybridized carbons (Fsp3) is 0.476. The van der Waals surface area contributed by atoms with E-state index >= 15 is 0 Å². The second kappa shape index (κ2) is 8.04. The summed E-state index contributed by atoms with van der Waals surface area (Å²) >= 11 is 0. The number of aryl methyl sites for hydroxylation is 1. The van der Waals surface area contributed by atoms with Crippen molar-refractivity contribution in [1.29, 1.82) is 0 Å². The molecule has 2 N–H and O–H groups in total. The largest absolute Gasteiger partial charge is 0.461 e. The molecule has 1 saturated heterocycles. The Hall–Kier alpha value is -2.83. The number of likely N-dealkylation sites (tertiary alicyclic amines) is 1. The van der Waals surface area contributed by atoms with Crippen LogP contribution in [0.4, 0.5) is 4.79 Å². The molecule has 0 spiro atoms. The molecular weight excluding hydrogens is 360 g/mol. The van der Waals surface area contributed by atoms with Gasteiger partial charge in [0.2, 0.25) is 0 Å². The summed E-state index contributed by atoms with van der Waals surface area (Å²) in [6, 6.07) is 4.69. The molecule has 1 aromatic heterocycles. The van der Waals surface area contributed by atoms with Crippen LogP contribution < -0.4 is 11.4 Å². The van der Waals surface area contributed by atoms with Crippen LogP contribution in [-0.2, 0) is 16.1 Å². The van der Waals surface area contributed by atoms with E-state index in [0.717, 1.165) is 16.5 Å². The molecule has 2 heterocycles. The Morgan fingerprint density at radius 1 is 1.32 bits per heavy atom. The van der Waals surface area contributed by atoms with Gasteiger partial charge in [0.05, 0.1) is 5.92 Å². The van der Waals surface area contributed by atoms with Gasteiger partial charge in [0.15, 0.2) is 0 Å². The molecular formula is C21H26N2O5. The van der Waals surface area contributed by atoms with Crippen LogP contribution in [0, 0.1) is 12.8 Å². The maximum atomic E-state index is 12.5. The smallest absolute Gasteiger partial charge is 0.336 e. The van der Waals surface area contributed by atoms with E-state index < -0.39 is 17.6 Å². The van der Waals surface area contributed by atoms with Crippen molar-refractivity contribution in [2.75, 3.05) is 13.1 Å². The summed E-state index contributed by atoms with van der Waals surface area (Å²) in [6.45, 7) is 6.98. The van der Waals surface area contributed by atoms with Crippen LogP contribution in [0.25, 0.3) is 11.0 Å². The number of hydrogen-bond donors (Lipinski definition) is 1. The first-order valence-electron chi connectivity index (χ1n) is 9.54. The monoisotopic (exact) mass is 386 g/mol. The molecule has 0 aliphatic carbocycles. The van der Waals surface area contributed by atoms with Gasteiger partial charge in [0, 0.05) is 30.1 Å². The van der Waals surface area contributed by atoms with Gasteiger partial charge in [-0.2, -0.15) is 0 Å². The summed E-state index contributed by atoms with van der Waals surface area (Å²) < 4.78 is 10.8. The molecule has 1 aliphatic rings. The zero-order valence-corrected chi connectivity index (χ0v) is 16.5. The van der Waals surface area contributed by atoms with Gasteiger partial charge in [-0.3, -0.25) is 4.79 Å². The van der Waals surface area contributed by atoms with Crippen molar-refractivity contribution in [1.82, 2.24) is 4.90 Å². The SMILES string of the molecule is Cc1cc2oc(=O)cc(COC(=O)C3CCCN(C(N)=O)C3)c2cc1C(C)C. The highest BCUT2D eigenvalue weighted by Gasteiger charge is 2.28. The van der Waals surface area contributed by atoms with Gasteiger partial charge in [-0.1, -0.05) is 13.8 Å². The lowest BCUT2D eigenvalue weighted by Crippen LogP contribution is -2.45. The molecule has 1 fully saturated rings. The first-order chi connectivity index (χ1) is 13.3. The summed E-state index contributed by atoms with van der Waals surface area (Å²) in [4.78, 5) is 37.2. The van der Waals surface area contributed by atoms with Gasteiger partial charge >= 0.3 is 17.6 Å². The number of nitrogens with two attached hydrogens (primary N) is 1. The minimum absolute atomic E-state index is 0.0192. The van der Waals surface area contributed by atoms with Crippen LogP contribution in [0.5, 0.6) is 0 Å². The molecule has 2 aromatic rings. The summed E-state index contributed by atoms with van der Waals surface area (Å²) in [6.07, 6.45) is 1.36. The third kappa shape index (κ3) is 4.18. The fourth-order valence-electron chi connectivity index (χ4n) is 3.77. The average molecular weight is 386 g/mol. The number of carbonyl (C=O) groups is 2. The van der Waals surface area contributed by atoms with Crippen LogP contribution >= 0.6 is 0 Å². The first-order valence-corrected chi connectivity index (χ1v) is 9.54. The molecule has 1 aromatic carbocycles. The van der Waals surface area contributed by atoms with E-state index in [1.54, 1.807) is 0 Å². The predicted octanol–water partition coefficient (Wildman–Crippen LogP) is 3.06. The number of amides is 2. The van der Waals surface area contributed by atoms with Crippen molar-refractivity contribution < 1.29 is 18.7 Å². The Morgan fingerprint density at radius 2 is 2.07 bits per heavy atom. The molecule has 0 saturated carbocycles. The van der Waals surface area contributed by atoms with Gasteiger partial charge < -0.3 is 19.8 Å². The number of fused-ring (bicyclic) bond motifs is 1. The minimum atomic E-state index is -0.527. The molecule has 28 heavy (non-hydrogen) atoms. The van der Waals surface area contributed by atoms with Crippen molar-refractivity contribution in [2.45, 2.75) is 46.1 Å². The third-order valence-corrected chi connectivity index (χ3v) is 5.28. The summed E-state index contributed by atoms with van der Waals surface area (Å²) in [5, 5.41) is 0.768. The van der Waals surface area contributed by atoms with Crippen LogP contribution in [0.3, 0.4) is 0 Å². The maximum Gasteiger partial charge on any atom is 0.336 e. The van der Waals surface area contributed by atoms with E-state index in [-0.39, 0.29) is 19.1 Å². The normalized spacial score (nSPS) is 17.1. The van der Waals surface area contributed by atoms with E-state index in [4.69, 9.17) is 14.9 Å². The molecule has 3 rings (SSSR count). The molecule has 1 unspecified atom stereocenters. The Kier molecular flexibility index (Phi) is 5.72. The molecule has 7 nitrogen and oxygen atoms in total. The zero-order valence-electron chi connectivity index (χ0n) is 16.5. The molecule has 2 amide bonds. The van der Waals surface area contributed by atoms with E-state index in [1.165, 1.54) is 11.0 Å². The van der Waals surface area contributed by atoms with Gasteiger partial charge in [-0.15, -0.1) is 0 Å². The number of nitrogens with zero attached hydrogens (tertiary/aromatic N) is 1. The van der Waals surface area contributed by atoms with E-state index in [1.807, 2.05) is 19.1 Å². The number of esters is 1. The molecule has 150 valence electrons. The highest BCUT2D eigenvalue weighted by Crippen LogP contribution is 2.27. The minimum Gasteiger partial charge on any atom is -0.461 e. The van der Waals surface area contributed by atoms with Crippen LogP contribution in [-0.4, -0.2) is 30.0 Å². The molecule has 7 heteroatoms. The topological polar surface area (TPSA) is 103 Å². The zero-order chi connectivity index (χ0) is 20.4. The number of carbonyl (C=O) groups excluding carboxylic acids is 2. The van der Waals surface area contributed by atoms with Crippen LogP contribution in [0.15, 0.2) is 27.4 Å². The van der Waals surface area contributed by atoms with E-state index in [9.17, 15) is 14.4 Å². The van der Waals surface area contributed by atoms with Gasteiger partial charge in [-0.25, -0.2) is 9.59 Å². The number of ether oxygens (including phenoxy) is 1. The highest BCUT2D eigenvalue weighted by atomic mass is 16.5. The van der Waals surface area contributed by atoms with Crippen LogP contribution in [0.1, 0.15) is 49.3 Å². The van der Waals surface area contributed by atoms with Crippen molar-refractivity contribution in [3.05, 3.63) is 45.3 Å². The lowest BCUT2D eigenvalue weighted by molar-refractivity contribution is -0.151. The molecule has 0 radical (unpaired) electrons. The van der Waals surface area contributed by atoms with E-state index in [0.29, 0.717) is 36.5 Å². The Bertz CT molecular complexity index is 963. The van der Waals surface area contributed by atoms with Gasteiger partial charge in [0.25, 0.3) is 0 Å². The molecule has 1 atom stereocenters. The fourth-order valence-corrected chi connectivity index (χ4v) is 3.77. The maximum absolute atomic E-state index is 12.5. The number of benzene rings is 1. The van der Waals surface area contributed by atoms with Crippen molar-refractivity contribution in [3.8, 4) is 0 Å². The quantitative estimate of drug-likeness (QED) is 0.642. The third-order valence-electron chi connectivity index (χ3n) is 5.28. The lowest BCUT2D eigenvalue weighted by atomic mass is 9.95. The Balaban J connectivity index is 1.82. The van der Waals surface area contributed by atoms with Crippen LogP contribution in [0.2, 0.25) is 0 Å². The lowest BCUT2D eigenvalue weighted by Gasteiger charge is -2.30. The van der Waals surface area contributed by atoms with Crippen molar-refractivity contribution >= 4 is 23.0 Å². The van der Waals surface area contributed by atoms with E-state index in [2.05, 4.69) is 13.8 Å². The second-order valence-corrected chi connectivity index (χ2v) is 7.68. The van der Waals surface area contributed by atoms with Crippen molar-refractivity contribution in [2.24, 2.45) is 11.7 Å². The summed E-state index contributed by atoms with van der Waals surface area (Å²) in [5.74, 6) is -0.474. The Morgan fingerprint density at radius 3 is 2.75 bits per heavy atom. The number of hydrogen-bond acceptors (Lipinski definition) is 5. The number of piperidine rings is 1. The number of urea groups is 1. The Labute approximate surface area is 163 Å². The summed E-state index contributed by atoms with van der Waals surface area (Å²) in [5.41, 5.74) is 8.13. The first kappa shape index (κ1) is 19.9. The number of rotatable bonds is 4. The molecule has 0 bridgehead atoms. The highest BCUT2D eigenvalue weighted by molar-refractivity contribution is 5.82. The van der Waals surface area contributed by atoms with Gasteiger partial charge in [-0.05, 0) is 48.9 Å². The predicted molar refractivity (Wildman–Crippen MR) is 105 cm³/mol.